The zero-order valence-corrected chi connectivity index (χ0v) is 24.2. The third-order valence-electron chi connectivity index (χ3n) is 7.58. The van der Waals surface area contributed by atoms with E-state index in [9.17, 15) is 15.0 Å². The lowest BCUT2D eigenvalue weighted by atomic mass is 9.81. The van der Waals surface area contributed by atoms with E-state index in [1.807, 2.05) is 6.07 Å². The molecule has 1 aliphatic carbocycles. The van der Waals surface area contributed by atoms with Gasteiger partial charge in [0.25, 0.3) is 0 Å². The summed E-state index contributed by atoms with van der Waals surface area (Å²) < 4.78 is 12.4. The van der Waals surface area contributed by atoms with Gasteiger partial charge in [0.1, 0.15) is 0 Å². The molecule has 1 aromatic rings. The van der Waals surface area contributed by atoms with Crippen molar-refractivity contribution < 1.29 is 24.5 Å². The second kappa shape index (κ2) is 18.7. The average Bonchev–Trinajstić information content (AvgIpc) is 2.91. The number of carbonyl (C=O) groups is 1. The molecule has 0 amide bonds. The van der Waals surface area contributed by atoms with Crippen LogP contribution in [0.5, 0.6) is 0 Å². The lowest BCUT2D eigenvalue weighted by Gasteiger charge is -2.42. The maximum Gasteiger partial charge on any atom is 0.192 e. The number of benzene rings is 1. The van der Waals surface area contributed by atoms with Crippen LogP contribution < -0.4 is 0 Å². The Bertz CT molecular complexity index is 775. The second-order valence-electron chi connectivity index (χ2n) is 11.1. The number of carbonyl (C=O) groups excluding carboxylic acids is 1. The molecule has 0 heterocycles. The van der Waals surface area contributed by atoms with Gasteiger partial charge in [-0.1, -0.05) is 140 Å². The average molecular weight is 531 g/mol. The molecule has 1 aromatic carbocycles. The SMILES string of the molecule is CCCCCCCCCCCCOC1(OCCCCCCCC)C=CC(C(=O)c2ccccc2)C(O)(O)C1. The second-order valence-corrected chi connectivity index (χ2v) is 11.1. The Morgan fingerprint density at radius 2 is 1.18 bits per heavy atom. The Labute approximate surface area is 232 Å². The third-order valence-corrected chi connectivity index (χ3v) is 7.58. The van der Waals surface area contributed by atoms with Gasteiger partial charge in [-0.15, -0.1) is 0 Å². The molecule has 1 aliphatic rings. The van der Waals surface area contributed by atoms with Crippen LogP contribution in [0.3, 0.4) is 0 Å². The van der Waals surface area contributed by atoms with Gasteiger partial charge < -0.3 is 19.7 Å². The molecule has 216 valence electrons. The van der Waals surface area contributed by atoms with Crippen LogP contribution in [0, 0.1) is 5.92 Å². The molecular formula is C33H54O5. The Balaban J connectivity index is 1.88. The predicted octanol–water partition coefficient (Wildman–Crippen LogP) is 8.14. The first-order chi connectivity index (χ1) is 18.4. The zero-order valence-electron chi connectivity index (χ0n) is 24.2. The molecule has 38 heavy (non-hydrogen) atoms. The van der Waals surface area contributed by atoms with Crippen LogP contribution in [-0.4, -0.2) is 40.8 Å². The first-order valence-corrected chi connectivity index (χ1v) is 15.5. The number of unbranched alkanes of at least 4 members (excludes halogenated alkanes) is 14. The van der Waals surface area contributed by atoms with E-state index in [0.29, 0.717) is 18.8 Å². The van der Waals surface area contributed by atoms with Crippen molar-refractivity contribution >= 4 is 5.78 Å². The van der Waals surface area contributed by atoms with Crippen LogP contribution in [0.2, 0.25) is 0 Å². The number of rotatable bonds is 22. The van der Waals surface area contributed by atoms with Crippen LogP contribution in [-0.2, 0) is 9.47 Å². The van der Waals surface area contributed by atoms with Crippen molar-refractivity contribution in [2.24, 2.45) is 5.92 Å². The van der Waals surface area contributed by atoms with E-state index in [1.54, 1.807) is 36.4 Å². The van der Waals surface area contributed by atoms with Gasteiger partial charge >= 0.3 is 0 Å². The summed E-state index contributed by atoms with van der Waals surface area (Å²) in [4.78, 5) is 13.0. The number of Topliss-reactive ketones (excluding diaryl/α,β-unsaturated/α-hetero) is 1. The van der Waals surface area contributed by atoms with Gasteiger partial charge in [0.05, 0.1) is 25.6 Å². The van der Waals surface area contributed by atoms with Gasteiger partial charge in [0.2, 0.25) is 0 Å². The first-order valence-electron chi connectivity index (χ1n) is 15.5. The molecule has 2 rings (SSSR count). The standard InChI is InChI=1S/C33H54O5/c1-3-5-7-9-11-12-13-14-16-21-27-38-32(37-26-20-15-10-8-6-4-2)25-24-30(33(35,36)28-32)31(34)29-22-18-17-19-23-29/h17-19,22-25,30,35-36H,3-16,20-21,26-28H2,1-2H3. The highest BCUT2D eigenvalue weighted by Crippen LogP contribution is 2.38. The largest absolute Gasteiger partial charge is 0.365 e. The van der Waals surface area contributed by atoms with Crippen molar-refractivity contribution in [3.63, 3.8) is 0 Å². The number of aliphatic hydroxyl groups is 2. The quantitative estimate of drug-likeness (QED) is 0.0685. The number of ether oxygens (including phenoxy) is 2. The van der Waals surface area contributed by atoms with Gasteiger partial charge in [-0.2, -0.15) is 0 Å². The smallest absolute Gasteiger partial charge is 0.192 e. The molecular weight excluding hydrogens is 476 g/mol. The van der Waals surface area contributed by atoms with Gasteiger partial charge in [-0.05, 0) is 18.9 Å². The minimum absolute atomic E-state index is 0.187. The maximum atomic E-state index is 13.0. The van der Waals surface area contributed by atoms with Crippen LogP contribution >= 0.6 is 0 Å². The summed E-state index contributed by atoms with van der Waals surface area (Å²) in [5, 5.41) is 22.0. The van der Waals surface area contributed by atoms with Crippen LogP contribution in [0.1, 0.15) is 133 Å². The molecule has 2 atom stereocenters. The van der Waals surface area contributed by atoms with E-state index < -0.39 is 17.5 Å². The van der Waals surface area contributed by atoms with E-state index in [2.05, 4.69) is 13.8 Å². The Morgan fingerprint density at radius 3 is 1.63 bits per heavy atom. The predicted molar refractivity (Wildman–Crippen MR) is 155 cm³/mol. The van der Waals surface area contributed by atoms with Crippen molar-refractivity contribution in [3.05, 3.63) is 48.0 Å². The van der Waals surface area contributed by atoms with E-state index in [-0.39, 0.29) is 12.2 Å². The van der Waals surface area contributed by atoms with E-state index in [4.69, 9.17) is 9.47 Å². The summed E-state index contributed by atoms with van der Waals surface area (Å²) in [6, 6.07) is 8.79. The zero-order chi connectivity index (χ0) is 27.5. The summed E-state index contributed by atoms with van der Waals surface area (Å²) in [7, 11) is 0. The Morgan fingerprint density at radius 1 is 0.737 bits per heavy atom. The van der Waals surface area contributed by atoms with Crippen molar-refractivity contribution in [3.8, 4) is 0 Å². The number of hydrogen-bond donors (Lipinski definition) is 2. The van der Waals surface area contributed by atoms with Crippen LogP contribution in [0.4, 0.5) is 0 Å². The molecule has 5 nitrogen and oxygen atoms in total. The van der Waals surface area contributed by atoms with Crippen molar-refractivity contribution in [1.29, 1.82) is 0 Å². The normalized spacial score (nSPS) is 20.6. The number of hydrogen-bond acceptors (Lipinski definition) is 5. The molecule has 2 unspecified atom stereocenters. The molecule has 0 aliphatic heterocycles. The van der Waals surface area contributed by atoms with E-state index in [0.717, 1.165) is 25.7 Å². The Kier molecular flexibility index (Phi) is 16.1. The first kappa shape index (κ1) is 32.7. The molecule has 0 radical (unpaired) electrons. The van der Waals surface area contributed by atoms with Crippen LogP contribution in [0.15, 0.2) is 42.5 Å². The van der Waals surface area contributed by atoms with Gasteiger partial charge in [-0.3, -0.25) is 4.79 Å². The fourth-order valence-electron chi connectivity index (χ4n) is 5.21. The third kappa shape index (κ3) is 12.1. The summed E-state index contributed by atoms with van der Waals surface area (Å²) in [6.45, 7) is 5.44. The molecule has 0 saturated heterocycles. The molecule has 5 heteroatoms. The highest BCUT2D eigenvalue weighted by Gasteiger charge is 2.49. The number of ketones is 1. The lowest BCUT2D eigenvalue weighted by Crippen LogP contribution is -2.53. The maximum absolute atomic E-state index is 13.0. The molecule has 0 bridgehead atoms. The summed E-state index contributed by atoms with van der Waals surface area (Å²) in [5.74, 6) is -4.84. The van der Waals surface area contributed by atoms with Gasteiger partial charge in [0, 0.05) is 5.56 Å². The summed E-state index contributed by atoms with van der Waals surface area (Å²) >= 11 is 0. The highest BCUT2D eigenvalue weighted by atomic mass is 16.7. The van der Waals surface area contributed by atoms with Crippen molar-refractivity contribution in [2.75, 3.05) is 13.2 Å². The van der Waals surface area contributed by atoms with Crippen LogP contribution in [0.25, 0.3) is 0 Å². The monoisotopic (exact) mass is 530 g/mol. The summed E-state index contributed by atoms with van der Waals surface area (Å²) in [6.07, 6.45) is 22.4. The minimum Gasteiger partial charge on any atom is -0.365 e. The molecule has 2 N–H and O–H groups in total. The highest BCUT2D eigenvalue weighted by molar-refractivity contribution is 5.99. The van der Waals surface area contributed by atoms with Gasteiger partial charge in [0.15, 0.2) is 17.4 Å². The van der Waals surface area contributed by atoms with E-state index >= 15 is 0 Å². The summed E-state index contributed by atoms with van der Waals surface area (Å²) in [5.41, 5.74) is 0.460. The van der Waals surface area contributed by atoms with E-state index in [1.165, 1.54) is 77.0 Å². The lowest BCUT2D eigenvalue weighted by molar-refractivity contribution is -0.284. The fourth-order valence-corrected chi connectivity index (χ4v) is 5.21. The fraction of sp³-hybridized carbons (Fsp3) is 0.727. The van der Waals surface area contributed by atoms with Gasteiger partial charge in [-0.25, -0.2) is 0 Å². The minimum atomic E-state index is -2.25. The Hall–Kier alpha value is -1.53. The molecule has 0 fully saturated rings. The topological polar surface area (TPSA) is 76.0 Å². The molecule has 0 spiro atoms. The molecule has 0 aromatic heterocycles. The molecule has 0 saturated carbocycles. The van der Waals surface area contributed by atoms with Crippen molar-refractivity contribution in [2.45, 2.75) is 135 Å². The van der Waals surface area contributed by atoms with Crippen molar-refractivity contribution in [1.82, 2.24) is 0 Å².